The van der Waals surface area contributed by atoms with Crippen molar-refractivity contribution in [3.8, 4) is 0 Å². The molecular weight excluding hydrogens is 300 g/mol. The van der Waals surface area contributed by atoms with E-state index >= 15 is 0 Å². The van der Waals surface area contributed by atoms with E-state index in [2.05, 4.69) is 5.32 Å². The Morgan fingerprint density at radius 3 is 2.43 bits per heavy atom. The summed E-state index contributed by atoms with van der Waals surface area (Å²) in [5.74, 6) is -0.0308. The lowest BCUT2D eigenvalue weighted by Crippen LogP contribution is -2.34. The number of nitrogens with one attached hydrogen (secondary N) is 1. The van der Waals surface area contributed by atoms with E-state index in [1.54, 1.807) is 4.90 Å². The molecule has 1 N–H and O–H groups in total. The van der Waals surface area contributed by atoms with Gasteiger partial charge in [-0.15, -0.1) is 0 Å². The molecule has 1 heterocycles. The molecule has 1 fully saturated rings. The van der Waals surface area contributed by atoms with E-state index in [1.165, 1.54) is 17.3 Å². The number of carbonyl (C=O) groups is 1. The van der Waals surface area contributed by atoms with Crippen molar-refractivity contribution in [2.45, 2.75) is 12.3 Å². The summed E-state index contributed by atoms with van der Waals surface area (Å²) in [6.45, 7) is 2.03. The second kappa shape index (κ2) is 5.87. The summed E-state index contributed by atoms with van der Waals surface area (Å²) in [7, 11) is 0. The third kappa shape index (κ3) is 2.94. The number of amides is 1. The summed E-state index contributed by atoms with van der Waals surface area (Å²) < 4.78 is 0.579. The highest BCUT2D eigenvalue weighted by atomic mass is 32.2. The lowest BCUT2D eigenvalue weighted by atomic mass is 10.2. The predicted octanol–water partition coefficient (Wildman–Crippen LogP) is 3.80. The first-order chi connectivity index (χ1) is 10.1. The van der Waals surface area contributed by atoms with Gasteiger partial charge in [-0.1, -0.05) is 59.9 Å². The molecule has 0 radical (unpaired) electrons. The fraction of sp³-hybridized carbons (Fsp3) is 0.125. The van der Waals surface area contributed by atoms with E-state index < -0.39 is 0 Å². The SMILES string of the molecule is Cc1ccc(NC2SC(=S)N(c3ccccc3)C2=O)cc1. The molecule has 0 aromatic heterocycles. The number of thioether (sulfide) groups is 1. The zero-order valence-corrected chi connectivity index (χ0v) is 13.1. The lowest BCUT2D eigenvalue weighted by molar-refractivity contribution is -0.116. The van der Waals surface area contributed by atoms with Crippen LogP contribution in [0.4, 0.5) is 11.4 Å². The first-order valence-corrected chi connectivity index (χ1v) is 7.87. The number of aryl methyl sites for hydroxylation is 1. The summed E-state index contributed by atoms with van der Waals surface area (Å²) in [4.78, 5) is 14.1. The van der Waals surface area contributed by atoms with Crippen LogP contribution in [-0.2, 0) is 4.79 Å². The Kier molecular flexibility index (Phi) is 3.94. The van der Waals surface area contributed by atoms with Gasteiger partial charge in [0.2, 0.25) is 0 Å². The van der Waals surface area contributed by atoms with Crippen LogP contribution >= 0.6 is 24.0 Å². The van der Waals surface area contributed by atoms with Crippen LogP contribution in [0.2, 0.25) is 0 Å². The molecule has 0 bridgehead atoms. The molecule has 1 amide bonds. The van der Waals surface area contributed by atoms with E-state index in [0.29, 0.717) is 4.32 Å². The molecule has 2 aromatic carbocycles. The Hall–Kier alpha value is -1.85. The number of rotatable bonds is 3. The van der Waals surface area contributed by atoms with E-state index in [9.17, 15) is 4.79 Å². The van der Waals surface area contributed by atoms with Crippen LogP contribution < -0.4 is 10.2 Å². The molecule has 1 aliphatic rings. The quantitative estimate of drug-likeness (QED) is 0.874. The summed E-state index contributed by atoms with van der Waals surface area (Å²) in [5.41, 5.74) is 2.92. The lowest BCUT2D eigenvalue weighted by Gasteiger charge is -2.16. The van der Waals surface area contributed by atoms with E-state index in [-0.39, 0.29) is 11.3 Å². The number of benzene rings is 2. The molecule has 0 spiro atoms. The van der Waals surface area contributed by atoms with Crippen LogP contribution in [-0.4, -0.2) is 15.6 Å². The standard InChI is InChI=1S/C16H14N2OS2/c1-11-7-9-12(10-8-11)17-14-15(19)18(16(20)21-14)13-5-3-2-4-6-13/h2-10,14,17H,1H3. The van der Waals surface area contributed by atoms with E-state index in [1.807, 2.05) is 61.5 Å². The Morgan fingerprint density at radius 2 is 1.76 bits per heavy atom. The van der Waals surface area contributed by atoms with Crippen LogP contribution in [0.1, 0.15) is 5.56 Å². The van der Waals surface area contributed by atoms with Gasteiger partial charge in [0.05, 0.1) is 5.69 Å². The van der Waals surface area contributed by atoms with Gasteiger partial charge < -0.3 is 5.32 Å². The zero-order valence-electron chi connectivity index (χ0n) is 11.4. The molecule has 106 valence electrons. The Bertz CT molecular complexity index is 670. The van der Waals surface area contributed by atoms with Crippen molar-refractivity contribution in [3.05, 3.63) is 60.2 Å². The van der Waals surface area contributed by atoms with Crippen molar-refractivity contribution in [2.24, 2.45) is 0 Å². The predicted molar refractivity (Wildman–Crippen MR) is 92.7 cm³/mol. The molecule has 2 aromatic rings. The highest BCUT2D eigenvalue weighted by molar-refractivity contribution is 8.25. The molecule has 21 heavy (non-hydrogen) atoms. The summed E-state index contributed by atoms with van der Waals surface area (Å²) in [5, 5.41) is 2.86. The number of hydrogen-bond acceptors (Lipinski definition) is 4. The van der Waals surface area contributed by atoms with Crippen LogP contribution in [0.15, 0.2) is 54.6 Å². The summed E-state index contributed by atoms with van der Waals surface area (Å²) in [6, 6.07) is 17.5. The summed E-state index contributed by atoms with van der Waals surface area (Å²) >= 11 is 6.71. The highest BCUT2D eigenvalue weighted by Gasteiger charge is 2.37. The minimum absolute atomic E-state index is 0.0308. The second-order valence-corrected chi connectivity index (χ2v) is 6.52. The van der Waals surface area contributed by atoms with Gasteiger partial charge in [0.25, 0.3) is 5.91 Å². The Labute approximate surface area is 133 Å². The van der Waals surface area contributed by atoms with Gasteiger partial charge in [-0.3, -0.25) is 9.69 Å². The number of anilines is 2. The van der Waals surface area contributed by atoms with Crippen LogP contribution in [0, 0.1) is 6.92 Å². The average molecular weight is 314 g/mol. The van der Waals surface area contributed by atoms with Gasteiger partial charge in [-0.2, -0.15) is 0 Å². The van der Waals surface area contributed by atoms with Gasteiger partial charge in [-0.05, 0) is 31.2 Å². The molecular formula is C16H14N2OS2. The zero-order chi connectivity index (χ0) is 14.8. The molecule has 0 aliphatic carbocycles. The minimum atomic E-state index is -0.375. The smallest absolute Gasteiger partial charge is 0.266 e. The number of para-hydroxylation sites is 1. The number of nitrogens with zero attached hydrogens (tertiary/aromatic N) is 1. The maximum atomic E-state index is 12.5. The second-order valence-electron chi connectivity index (χ2n) is 4.78. The van der Waals surface area contributed by atoms with Crippen molar-refractivity contribution in [3.63, 3.8) is 0 Å². The molecule has 3 rings (SSSR count). The Morgan fingerprint density at radius 1 is 1.10 bits per heavy atom. The topological polar surface area (TPSA) is 32.3 Å². The molecule has 3 nitrogen and oxygen atoms in total. The molecule has 5 heteroatoms. The average Bonchev–Trinajstić information content (AvgIpc) is 2.77. The molecule has 1 atom stereocenters. The minimum Gasteiger partial charge on any atom is -0.365 e. The first kappa shape index (κ1) is 14.1. The third-order valence-electron chi connectivity index (χ3n) is 3.21. The molecule has 1 saturated heterocycles. The summed E-state index contributed by atoms with van der Waals surface area (Å²) in [6.07, 6.45) is 0. The van der Waals surface area contributed by atoms with Gasteiger partial charge in [0, 0.05) is 5.69 Å². The maximum Gasteiger partial charge on any atom is 0.266 e. The molecule has 0 saturated carbocycles. The third-order valence-corrected chi connectivity index (χ3v) is 4.62. The van der Waals surface area contributed by atoms with E-state index in [4.69, 9.17) is 12.2 Å². The maximum absolute atomic E-state index is 12.5. The Balaban J connectivity index is 1.79. The van der Waals surface area contributed by atoms with Crippen LogP contribution in [0.25, 0.3) is 0 Å². The van der Waals surface area contributed by atoms with Crippen molar-refractivity contribution in [1.82, 2.24) is 0 Å². The molecule has 1 aliphatic heterocycles. The van der Waals surface area contributed by atoms with E-state index in [0.717, 1.165) is 11.4 Å². The number of hydrogen-bond donors (Lipinski definition) is 1. The number of thiocarbonyl (C=S) groups is 1. The van der Waals surface area contributed by atoms with Gasteiger partial charge in [-0.25, -0.2) is 0 Å². The van der Waals surface area contributed by atoms with Gasteiger partial charge in [0.1, 0.15) is 4.32 Å². The molecule has 1 unspecified atom stereocenters. The van der Waals surface area contributed by atoms with Crippen molar-refractivity contribution >= 4 is 45.6 Å². The largest absolute Gasteiger partial charge is 0.365 e. The van der Waals surface area contributed by atoms with Crippen LogP contribution in [0.5, 0.6) is 0 Å². The van der Waals surface area contributed by atoms with Crippen molar-refractivity contribution in [2.75, 3.05) is 10.2 Å². The number of carbonyl (C=O) groups excluding carboxylic acids is 1. The van der Waals surface area contributed by atoms with Crippen LogP contribution in [0.3, 0.4) is 0 Å². The van der Waals surface area contributed by atoms with Crippen molar-refractivity contribution in [1.29, 1.82) is 0 Å². The van der Waals surface area contributed by atoms with Gasteiger partial charge >= 0.3 is 0 Å². The monoisotopic (exact) mass is 314 g/mol. The fourth-order valence-corrected chi connectivity index (χ4v) is 3.50. The highest BCUT2D eigenvalue weighted by Crippen LogP contribution is 2.32. The first-order valence-electron chi connectivity index (χ1n) is 6.58. The fourth-order valence-electron chi connectivity index (χ4n) is 2.11. The van der Waals surface area contributed by atoms with Gasteiger partial charge in [0.15, 0.2) is 5.37 Å². The normalized spacial score (nSPS) is 18.1. The van der Waals surface area contributed by atoms with Crippen molar-refractivity contribution < 1.29 is 4.79 Å².